The molecule has 0 fully saturated rings. The lowest BCUT2D eigenvalue weighted by Gasteiger charge is -2.10. The zero-order valence-electron chi connectivity index (χ0n) is 10.8. The van der Waals surface area contributed by atoms with E-state index in [0.717, 1.165) is 18.7 Å². The number of benzene rings is 1. The third-order valence-corrected chi connectivity index (χ3v) is 2.89. The van der Waals surface area contributed by atoms with Crippen molar-refractivity contribution in [1.82, 2.24) is 5.32 Å². The number of halogens is 2. The van der Waals surface area contributed by atoms with Gasteiger partial charge in [-0.25, -0.2) is 4.39 Å². The summed E-state index contributed by atoms with van der Waals surface area (Å²) < 4.78 is 18.7. The molecular formula is C12H16BrFN2O3. The van der Waals surface area contributed by atoms with Crippen molar-refractivity contribution in [2.45, 2.75) is 26.3 Å². The van der Waals surface area contributed by atoms with Crippen molar-refractivity contribution >= 4 is 21.6 Å². The van der Waals surface area contributed by atoms with Crippen molar-refractivity contribution in [3.8, 4) is 5.75 Å². The van der Waals surface area contributed by atoms with Gasteiger partial charge in [0.05, 0.1) is 22.1 Å². The molecule has 1 aromatic rings. The molecule has 0 spiro atoms. The fourth-order valence-corrected chi connectivity index (χ4v) is 2.00. The lowest BCUT2D eigenvalue weighted by atomic mass is 10.3. The number of nitro groups is 1. The maximum atomic E-state index is 13.1. The Labute approximate surface area is 119 Å². The van der Waals surface area contributed by atoms with Gasteiger partial charge >= 0.3 is 5.69 Å². The van der Waals surface area contributed by atoms with E-state index in [1.165, 1.54) is 0 Å². The number of rotatable bonds is 7. The van der Waals surface area contributed by atoms with Crippen LogP contribution in [0.4, 0.5) is 10.1 Å². The number of nitrogens with one attached hydrogen (secondary N) is 1. The van der Waals surface area contributed by atoms with Crippen LogP contribution < -0.4 is 10.1 Å². The molecule has 1 N–H and O–H groups in total. The second kappa shape index (κ2) is 7.40. The van der Waals surface area contributed by atoms with E-state index in [1.807, 2.05) is 13.8 Å². The van der Waals surface area contributed by atoms with Crippen molar-refractivity contribution in [3.05, 3.63) is 32.5 Å². The molecular weight excluding hydrogens is 319 g/mol. The van der Waals surface area contributed by atoms with Gasteiger partial charge in [0.15, 0.2) is 0 Å². The van der Waals surface area contributed by atoms with Gasteiger partial charge in [-0.2, -0.15) is 0 Å². The molecule has 19 heavy (non-hydrogen) atoms. The molecule has 5 nitrogen and oxygen atoms in total. The molecule has 0 aliphatic carbocycles. The normalized spacial score (nSPS) is 10.8. The Balaban J connectivity index is 2.64. The van der Waals surface area contributed by atoms with Gasteiger partial charge in [0, 0.05) is 6.04 Å². The highest BCUT2D eigenvalue weighted by molar-refractivity contribution is 9.10. The van der Waals surface area contributed by atoms with Gasteiger partial charge in [-0.15, -0.1) is 0 Å². The van der Waals surface area contributed by atoms with Crippen LogP contribution >= 0.6 is 15.9 Å². The molecule has 1 aromatic carbocycles. The van der Waals surface area contributed by atoms with Crippen LogP contribution in [0.3, 0.4) is 0 Å². The van der Waals surface area contributed by atoms with Gasteiger partial charge in [-0.05, 0) is 35.0 Å². The van der Waals surface area contributed by atoms with E-state index in [9.17, 15) is 14.5 Å². The van der Waals surface area contributed by atoms with Crippen molar-refractivity contribution in [1.29, 1.82) is 0 Å². The van der Waals surface area contributed by atoms with Crippen LogP contribution in [-0.4, -0.2) is 24.1 Å². The number of nitro benzene ring substituents is 1. The quantitative estimate of drug-likeness (QED) is 0.472. The first-order valence-corrected chi connectivity index (χ1v) is 6.70. The summed E-state index contributed by atoms with van der Waals surface area (Å²) in [5.41, 5.74) is -0.372. The summed E-state index contributed by atoms with van der Waals surface area (Å²) >= 11 is 3.07. The maximum absolute atomic E-state index is 13.1. The number of nitrogens with zero attached hydrogens (tertiary/aromatic N) is 1. The second-order valence-electron chi connectivity index (χ2n) is 4.30. The topological polar surface area (TPSA) is 64.4 Å². The molecule has 1 rings (SSSR count). The smallest absolute Gasteiger partial charge is 0.315 e. The summed E-state index contributed by atoms with van der Waals surface area (Å²) in [6, 6.07) is 2.38. The van der Waals surface area contributed by atoms with Gasteiger partial charge in [0.1, 0.15) is 5.82 Å². The van der Waals surface area contributed by atoms with Crippen molar-refractivity contribution in [3.63, 3.8) is 0 Å². The third-order valence-electron chi connectivity index (χ3n) is 2.31. The molecule has 0 bridgehead atoms. The zero-order chi connectivity index (χ0) is 14.4. The summed E-state index contributed by atoms with van der Waals surface area (Å²) in [5.74, 6) is -0.608. The monoisotopic (exact) mass is 334 g/mol. The lowest BCUT2D eigenvalue weighted by molar-refractivity contribution is -0.386. The van der Waals surface area contributed by atoms with Crippen molar-refractivity contribution in [2.24, 2.45) is 0 Å². The minimum Gasteiger partial charge on any atom is -0.486 e. The molecule has 0 radical (unpaired) electrons. The van der Waals surface area contributed by atoms with E-state index >= 15 is 0 Å². The first-order chi connectivity index (χ1) is 8.91. The minimum absolute atomic E-state index is 0.0657. The SMILES string of the molecule is CC(C)NCCCOc1c(Br)cc(F)cc1[N+](=O)[O-]. The van der Waals surface area contributed by atoms with Crippen LogP contribution in [0.2, 0.25) is 0 Å². The van der Waals surface area contributed by atoms with Crippen molar-refractivity contribution in [2.75, 3.05) is 13.2 Å². The highest BCUT2D eigenvalue weighted by atomic mass is 79.9. The first-order valence-electron chi connectivity index (χ1n) is 5.91. The molecule has 0 amide bonds. The van der Waals surface area contributed by atoms with E-state index < -0.39 is 10.7 Å². The van der Waals surface area contributed by atoms with E-state index in [0.29, 0.717) is 19.1 Å². The largest absolute Gasteiger partial charge is 0.486 e. The predicted molar refractivity (Wildman–Crippen MR) is 74.0 cm³/mol. The predicted octanol–water partition coefficient (Wildman–Crippen LogP) is 3.26. The maximum Gasteiger partial charge on any atom is 0.315 e. The van der Waals surface area contributed by atoms with Crippen LogP contribution in [0.25, 0.3) is 0 Å². The molecule has 0 saturated carbocycles. The summed E-state index contributed by atoms with van der Waals surface area (Å²) in [4.78, 5) is 10.2. The summed E-state index contributed by atoms with van der Waals surface area (Å²) in [6.07, 6.45) is 0.707. The standard InChI is InChI=1S/C12H16BrFN2O3/c1-8(2)15-4-3-5-19-12-10(13)6-9(14)7-11(12)16(17)18/h6-8,15H,3-5H2,1-2H3. The van der Waals surface area contributed by atoms with Crippen LogP contribution in [0.5, 0.6) is 5.75 Å². The van der Waals surface area contributed by atoms with Crippen LogP contribution in [-0.2, 0) is 0 Å². The molecule has 106 valence electrons. The second-order valence-corrected chi connectivity index (χ2v) is 5.16. The molecule has 0 unspecified atom stereocenters. The minimum atomic E-state index is -0.674. The Morgan fingerprint density at radius 1 is 1.53 bits per heavy atom. The molecule has 0 aliphatic rings. The number of hydrogen-bond acceptors (Lipinski definition) is 4. The average Bonchev–Trinajstić information content (AvgIpc) is 2.29. The van der Waals surface area contributed by atoms with Gasteiger partial charge in [0.2, 0.25) is 5.75 Å². The lowest BCUT2D eigenvalue weighted by Crippen LogP contribution is -2.24. The number of ether oxygens (including phenoxy) is 1. The average molecular weight is 335 g/mol. The Morgan fingerprint density at radius 3 is 2.79 bits per heavy atom. The van der Waals surface area contributed by atoms with Crippen molar-refractivity contribution < 1.29 is 14.1 Å². The Bertz CT molecular complexity index is 455. The fraction of sp³-hybridized carbons (Fsp3) is 0.500. The van der Waals surface area contributed by atoms with Gasteiger partial charge in [0.25, 0.3) is 0 Å². The molecule has 0 saturated heterocycles. The summed E-state index contributed by atoms with van der Waals surface area (Å²) in [7, 11) is 0. The molecule has 7 heteroatoms. The molecule has 0 atom stereocenters. The van der Waals surface area contributed by atoms with Gasteiger partial charge < -0.3 is 10.1 Å². The third kappa shape index (κ3) is 5.12. The Kier molecular flexibility index (Phi) is 6.17. The molecule has 0 aliphatic heterocycles. The van der Waals surface area contributed by atoms with Crippen LogP contribution in [0.15, 0.2) is 16.6 Å². The Hall–Kier alpha value is -1.21. The number of hydrogen-bond donors (Lipinski definition) is 1. The molecule has 0 aromatic heterocycles. The van der Waals surface area contributed by atoms with Crippen LogP contribution in [0, 0.1) is 15.9 Å². The summed E-state index contributed by atoms with van der Waals surface area (Å²) in [5, 5.41) is 14.0. The Morgan fingerprint density at radius 2 is 2.21 bits per heavy atom. The van der Waals surface area contributed by atoms with Gasteiger partial charge in [-0.1, -0.05) is 13.8 Å². The van der Waals surface area contributed by atoms with Gasteiger partial charge in [-0.3, -0.25) is 10.1 Å². The fourth-order valence-electron chi connectivity index (χ4n) is 1.46. The van der Waals surface area contributed by atoms with Crippen LogP contribution in [0.1, 0.15) is 20.3 Å². The molecule has 0 heterocycles. The zero-order valence-corrected chi connectivity index (χ0v) is 12.4. The van der Waals surface area contributed by atoms with E-state index in [-0.39, 0.29) is 15.9 Å². The highest BCUT2D eigenvalue weighted by Gasteiger charge is 2.20. The summed E-state index contributed by atoms with van der Waals surface area (Å²) in [6.45, 7) is 5.14. The van der Waals surface area contributed by atoms with E-state index in [1.54, 1.807) is 0 Å². The van der Waals surface area contributed by atoms with E-state index in [2.05, 4.69) is 21.2 Å². The highest BCUT2D eigenvalue weighted by Crippen LogP contribution is 2.35. The van der Waals surface area contributed by atoms with E-state index in [4.69, 9.17) is 4.74 Å². The first kappa shape index (κ1) is 15.8.